The van der Waals surface area contributed by atoms with Gasteiger partial charge in [0.25, 0.3) is 0 Å². The SMILES string of the molecule is ClCCl.O=C([O-])O.[K+]. The Morgan fingerprint density at radius 3 is 1.62 bits per heavy atom. The van der Waals surface area contributed by atoms with Crippen LogP contribution < -0.4 is 56.5 Å². The second-order valence-electron chi connectivity index (χ2n) is 0.367. The Balaban J connectivity index is -0.0000000575. The maximum absolute atomic E-state index is 8.44. The van der Waals surface area contributed by atoms with Crippen LogP contribution in [-0.4, -0.2) is 16.6 Å². The van der Waals surface area contributed by atoms with E-state index in [9.17, 15) is 0 Å². The molecule has 0 heterocycles. The van der Waals surface area contributed by atoms with E-state index in [1.807, 2.05) is 0 Å². The van der Waals surface area contributed by atoms with Crippen LogP contribution in [0.25, 0.3) is 0 Å². The molecule has 0 spiro atoms. The molecule has 0 atom stereocenters. The maximum atomic E-state index is 8.44. The van der Waals surface area contributed by atoms with Gasteiger partial charge in [-0.05, 0) is 0 Å². The molecule has 0 radical (unpaired) electrons. The topological polar surface area (TPSA) is 60.4 Å². The first-order valence-electron chi connectivity index (χ1n) is 1.17. The van der Waals surface area contributed by atoms with E-state index >= 15 is 0 Å². The second-order valence-corrected chi connectivity index (χ2v) is 1.18. The fourth-order valence-corrected chi connectivity index (χ4v) is 0. The average Bonchev–Trinajstić information content (AvgIpc) is 1.33. The van der Waals surface area contributed by atoms with Gasteiger partial charge in [0.05, 0.1) is 5.34 Å². The van der Waals surface area contributed by atoms with Crippen molar-refractivity contribution >= 4 is 29.4 Å². The Morgan fingerprint density at radius 1 is 1.62 bits per heavy atom. The molecule has 44 valence electrons. The zero-order valence-corrected chi connectivity index (χ0v) is 8.86. The predicted molar refractivity (Wildman–Crippen MR) is 24.6 cm³/mol. The molecule has 0 aromatic carbocycles. The molecule has 0 aromatic heterocycles. The van der Waals surface area contributed by atoms with E-state index < -0.39 is 6.16 Å². The summed E-state index contributed by atoms with van der Waals surface area (Å²) in [4.78, 5) is 8.44. The summed E-state index contributed by atoms with van der Waals surface area (Å²) >= 11 is 9.53. The summed E-state index contributed by atoms with van der Waals surface area (Å²) in [6.45, 7) is 0. The molecule has 0 fully saturated rings. The van der Waals surface area contributed by atoms with Gasteiger partial charge in [-0.3, -0.25) is 0 Å². The van der Waals surface area contributed by atoms with Crippen molar-refractivity contribution < 1.29 is 66.4 Å². The number of hydrogen-bond acceptors (Lipinski definition) is 2. The fourth-order valence-electron chi connectivity index (χ4n) is 0. The van der Waals surface area contributed by atoms with Crippen LogP contribution in [0.5, 0.6) is 0 Å². The van der Waals surface area contributed by atoms with Gasteiger partial charge in [0.15, 0.2) is 0 Å². The quantitative estimate of drug-likeness (QED) is 0.330. The van der Waals surface area contributed by atoms with Gasteiger partial charge < -0.3 is 15.0 Å². The van der Waals surface area contributed by atoms with Gasteiger partial charge in [0.2, 0.25) is 6.16 Å². The van der Waals surface area contributed by atoms with Crippen LogP contribution in [0.1, 0.15) is 0 Å². The van der Waals surface area contributed by atoms with Crippen LogP contribution in [0.15, 0.2) is 0 Å². The fraction of sp³-hybridized carbons (Fsp3) is 0.500. The normalized spacial score (nSPS) is 5.25. The third-order valence-electron chi connectivity index (χ3n) is 0. The first-order valence-corrected chi connectivity index (χ1v) is 2.24. The third-order valence-corrected chi connectivity index (χ3v) is 0. The van der Waals surface area contributed by atoms with Crippen molar-refractivity contribution in [2.75, 3.05) is 5.34 Å². The summed E-state index contributed by atoms with van der Waals surface area (Å²) < 4.78 is 0. The molecular weight excluding hydrogens is 182 g/mol. The molecule has 0 bridgehead atoms. The molecule has 8 heavy (non-hydrogen) atoms. The van der Waals surface area contributed by atoms with Gasteiger partial charge in [0, 0.05) is 0 Å². The molecule has 0 rings (SSSR count). The summed E-state index contributed by atoms with van der Waals surface area (Å²) in [7, 11) is 0. The van der Waals surface area contributed by atoms with Crippen molar-refractivity contribution in [2.24, 2.45) is 0 Å². The summed E-state index contributed by atoms with van der Waals surface area (Å²) in [6, 6.07) is 0. The Hall–Kier alpha value is 1.49. The Morgan fingerprint density at radius 2 is 1.62 bits per heavy atom. The van der Waals surface area contributed by atoms with E-state index in [4.69, 9.17) is 38.2 Å². The standard InChI is InChI=1S/CH2Cl2.CH2O3.K/c2-1-3;2-1(3)4;/h1H2;(H2,2,3,4);/q;;+1/p-1. The first-order chi connectivity index (χ1) is 3.15. The van der Waals surface area contributed by atoms with E-state index in [-0.39, 0.29) is 56.7 Å². The number of rotatable bonds is 0. The molecule has 0 saturated heterocycles. The summed E-state index contributed by atoms with van der Waals surface area (Å²) in [6.07, 6.45) is -2.08. The number of carbonyl (C=O) groups is 1. The Bertz CT molecular complexity index is 46.5. The summed E-state index contributed by atoms with van der Waals surface area (Å²) in [5.41, 5.74) is 0. The Kier molecular flexibility index (Phi) is 32.1. The van der Waals surface area contributed by atoms with Crippen molar-refractivity contribution in [1.82, 2.24) is 0 Å². The molecule has 0 aliphatic carbocycles. The van der Waals surface area contributed by atoms with E-state index in [1.165, 1.54) is 0 Å². The smallest absolute Gasteiger partial charge is 0.565 e. The number of carboxylic acid groups (broad SMARTS) is 2. The molecule has 6 heteroatoms. The van der Waals surface area contributed by atoms with Crippen LogP contribution >= 0.6 is 23.2 Å². The van der Waals surface area contributed by atoms with Crippen molar-refractivity contribution in [3.63, 3.8) is 0 Å². The van der Waals surface area contributed by atoms with Crippen molar-refractivity contribution in [3.05, 3.63) is 0 Å². The van der Waals surface area contributed by atoms with Gasteiger partial charge >= 0.3 is 51.4 Å². The molecule has 0 aliphatic heterocycles. The minimum absolute atomic E-state index is 0. The summed E-state index contributed by atoms with van der Waals surface area (Å²) in [5.74, 6) is 0. The number of halogens is 2. The maximum Gasteiger partial charge on any atom is 1.00 e. The van der Waals surface area contributed by atoms with Crippen LogP contribution in [-0.2, 0) is 0 Å². The van der Waals surface area contributed by atoms with Crippen LogP contribution in [0.4, 0.5) is 4.79 Å². The first kappa shape index (κ1) is 16.2. The summed E-state index contributed by atoms with van der Waals surface area (Å²) in [5, 5.41) is 15.5. The zero-order chi connectivity index (χ0) is 6.28. The van der Waals surface area contributed by atoms with Gasteiger partial charge in [-0.1, -0.05) is 0 Å². The van der Waals surface area contributed by atoms with Gasteiger partial charge in [-0.2, -0.15) is 0 Å². The largest absolute Gasteiger partial charge is 1.00 e. The second kappa shape index (κ2) is 15.8. The zero-order valence-electron chi connectivity index (χ0n) is 4.23. The van der Waals surface area contributed by atoms with Gasteiger partial charge in [-0.25, -0.2) is 0 Å². The van der Waals surface area contributed by atoms with E-state index in [2.05, 4.69) is 0 Å². The average molecular weight is 185 g/mol. The monoisotopic (exact) mass is 184 g/mol. The van der Waals surface area contributed by atoms with E-state index in [0.29, 0.717) is 0 Å². The molecule has 0 aliphatic rings. The van der Waals surface area contributed by atoms with E-state index in [0.717, 1.165) is 0 Å². The minimum Gasteiger partial charge on any atom is -0.565 e. The molecular formula is C2H3Cl2KO3. The van der Waals surface area contributed by atoms with Crippen molar-refractivity contribution in [1.29, 1.82) is 0 Å². The van der Waals surface area contributed by atoms with Crippen molar-refractivity contribution in [2.45, 2.75) is 0 Å². The molecule has 0 unspecified atom stereocenters. The number of hydrogen-bond donors (Lipinski definition) is 1. The molecule has 1 N–H and O–H groups in total. The number of alkyl halides is 2. The van der Waals surface area contributed by atoms with Crippen LogP contribution in [0, 0.1) is 0 Å². The predicted octanol–water partition coefficient (Wildman–Crippen LogP) is -2.69. The molecule has 3 nitrogen and oxygen atoms in total. The van der Waals surface area contributed by atoms with Crippen LogP contribution in [0.2, 0.25) is 0 Å². The Labute approximate surface area is 99.4 Å². The third kappa shape index (κ3) is 143. The minimum atomic E-state index is -2.08. The molecule has 0 amide bonds. The molecule has 0 saturated carbocycles. The van der Waals surface area contributed by atoms with Crippen LogP contribution in [0.3, 0.4) is 0 Å². The van der Waals surface area contributed by atoms with Crippen molar-refractivity contribution in [3.8, 4) is 0 Å². The molecule has 0 aromatic rings. The van der Waals surface area contributed by atoms with Gasteiger partial charge in [0.1, 0.15) is 0 Å². The van der Waals surface area contributed by atoms with Gasteiger partial charge in [-0.15, -0.1) is 23.2 Å². The van der Waals surface area contributed by atoms with E-state index in [1.54, 1.807) is 0 Å².